The molecule has 0 radical (unpaired) electrons. The predicted molar refractivity (Wildman–Crippen MR) is 70.4 cm³/mol. The lowest BCUT2D eigenvalue weighted by atomic mass is 10.2. The molecule has 2 rings (SSSR count). The number of benzene rings is 1. The quantitative estimate of drug-likeness (QED) is 0.677. The minimum absolute atomic E-state index is 0.0527. The van der Waals surface area contributed by atoms with E-state index in [-0.39, 0.29) is 24.0 Å². The maximum Gasteiger partial charge on any atom is 0.205 e. The minimum atomic E-state index is -0.368. The van der Waals surface area contributed by atoms with Crippen molar-refractivity contribution < 1.29 is 8.91 Å². The summed E-state index contributed by atoms with van der Waals surface area (Å²) in [7, 11) is 0. The summed E-state index contributed by atoms with van der Waals surface area (Å²) in [6, 6.07) is 9.45. The van der Waals surface area contributed by atoms with Crippen molar-refractivity contribution in [2.45, 2.75) is 6.54 Å². The third-order valence-corrected chi connectivity index (χ3v) is 2.36. The Hall–Kier alpha value is -3.01. The van der Waals surface area contributed by atoms with E-state index in [4.69, 9.17) is 11.0 Å². The fourth-order valence-electron chi connectivity index (χ4n) is 1.43. The molecule has 0 aliphatic heterocycles. The molecule has 0 aliphatic carbocycles. The zero-order chi connectivity index (χ0) is 14.4. The van der Waals surface area contributed by atoms with Crippen LogP contribution in [0.15, 0.2) is 51.1 Å². The number of nitrogens with zero attached hydrogens (tertiary/aromatic N) is 4. The number of rotatable bonds is 3. The molecule has 0 saturated carbocycles. The van der Waals surface area contributed by atoms with Gasteiger partial charge in [0.05, 0.1) is 6.54 Å². The standard InChI is InChI=1S/C13H10FN5O/c14-10-4-2-1-3-9(10)8-17-13(18-12(16)7-15)11-5-6-20-19-11/h1-6H,8H2,(H2,16,17,18). The zero-order valence-electron chi connectivity index (χ0n) is 10.3. The second-order valence-corrected chi connectivity index (χ2v) is 3.72. The summed E-state index contributed by atoms with van der Waals surface area (Å²) in [5, 5.41) is 12.3. The largest absolute Gasteiger partial charge is 0.375 e. The van der Waals surface area contributed by atoms with Gasteiger partial charge in [-0.15, -0.1) is 0 Å². The lowest BCUT2D eigenvalue weighted by molar-refractivity contribution is 0.418. The molecule has 0 amide bonds. The number of hydrogen-bond donors (Lipinski definition) is 1. The Morgan fingerprint density at radius 1 is 1.40 bits per heavy atom. The van der Waals surface area contributed by atoms with E-state index in [2.05, 4.69) is 19.7 Å². The molecule has 2 N–H and O–H groups in total. The van der Waals surface area contributed by atoms with Crippen molar-refractivity contribution in [1.82, 2.24) is 5.16 Å². The first kappa shape index (κ1) is 13.4. The van der Waals surface area contributed by atoms with Gasteiger partial charge in [0.2, 0.25) is 5.84 Å². The SMILES string of the molecule is N#CC(N)=NC(=NCc1ccccc1F)c1ccon1. The Labute approximate surface area is 114 Å². The maximum absolute atomic E-state index is 13.5. The van der Waals surface area contributed by atoms with Crippen molar-refractivity contribution in [2.75, 3.05) is 0 Å². The molecule has 6 nitrogen and oxygen atoms in total. The Bertz CT molecular complexity index is 685. The highest BCUT2D eigenvalue weighted by Gasteiger charge is 2.08. The average Bonchev–Trinajstić information content (AvgIpc) is 2.98. The van der Waals surface area contributed by atoms with E-state index in [1.54, 1.807) is 24.3 Å². The van der Waals surface area contributed by atoms with Gasteiger partial charge < -0.3 is 10.3 Å². The first-order chi connectivity index (χ1) is 9.70. The maximum atomic E-state index is 13.5. The van der Waals surface area contributed by atoms with Crippen LogP contribution in [0.2, 0.25) is 0 Å². The number of hydrogen-bond acceptors (Lipinski definition) is 4. The molecule has 0 aliphatic rings. The first-order valence-corrected chi connectivity index (χ1v) is 5.63. The van der Waals surface area contributed by atoms with Gasteiger partial charge >= 0.3 is 0 Å². The van der Waals surface area contributed by atoms with Crippen molar-refractivity contribution in [3.8, 4) is 6.07 Å². The van der Waals surface area contributed by atoms with E-state index in [9.17, 15) is 4.39 Å². The molecule has 7 heteroatoms. The number of aliphatic imine (C=N–C) groups is 2. The van der Waals surface area contributed by atoms with Crippen LogP contribution in [0.25, 0.3) is 0 Å². The monoisotopic (exact) mass is 271 g/mol. The van der Waals surface area contributed by atoms with Gasteiger partial charge in [-0.2, -0.15) is 10.3 Å². The molecule has 0 saturated heterocycles. The summed E-state index contributed by atoms with van der Waals surface area (Å²) in [5.41, 5.74) is 6.08. The van der Waals surface area contributed by atoms with Crippen molar-refractivity contribution in [2.24, 2.45) is 15.7 Å². The number of nitriles is 1. The number of nitrogens with two attached hydrogens (primary N) is 1. The lowest BCUT2D eigenvalue weighted by Crippen LogP contribution is -2.12. The van der Waals surface area contributed by atoms with Crippen LogP contribution in [0.5, 0.6) is 0 Å². The highest BCUT2D eigenvalue weighted by atomic mass is 19.1. The van der Waals surface area contributed by atoms with Gasteiger partial charge in [-0.05, 0) is 6.07 Å². The summed E-state index contributed by atoms with van der Waals surface area (Å²) < 4.78 is 18.2. The summed E-state index contributed by atoms with van der Waals surface area (Å²) >= 11 is 0. The van der Waals surface area contributed by atoms with Crippen LogP contribution in [0, 0.1) is 17.1 Å². The molecule has 1 aromatic carbocycles. The third-order valence-electron chi connectivity index (χ3n) is 2.36. The molecule has 0 spiro atoms. The molecular formula is C13H10FN5O. The second kappa shape index (κ2) is 6.24. The molecule has 1 aromatic heterocycles. The highest BCUT2D eigenvalue weighted by molar-refractivity contribution is 6.09. The van der Waals surface area contributed by atoms with Crippen LogP contribution < -0.4 is 5.73 Å². The molecular weight excluding hydrogens is 261 g/mol. The lowest BCUT2D eigenvalue weighted by Gasteiger charge is -2.00. The Kier molecular flexibility index (Phi) is 4.19. The van der Waals surface area contributed by atoms with Gasteiger partial charge in [0.15, 0.2) is 11.5 Å². The summed E-state index contributed by atoms with van der Waals surface area (Å²) in [5.74, 6) is -0.519. The van der Waals surface area contributed by atoms with Crippen LogP contribution in [0.3, 0.4) is 0 Å². The van der Waals surface area contributed by atoms with Crippen LogP contribution in [0.1, 0.15) is 11.3 Å². The van der Waals surface area contributed by atoms with E-state index >= 15 is 0 Å². The Morgan fingerprint density at radius 2 is 2.20 bits per heavy atom. The molecule has 1 heterocycles. The van der Waals surface area contributed by atoms with Gasteiger partial charge in [0.25, 0.3) is 0 Å². The van der Waals surface area contributed by atoms with Gasteiger partial charge in [0, 0.05) is 11.6 Å². The minimum Gasteiger partial charge on any atom is -0.375 e. The van der Waals surface area contributed by atoms with E-state index in [1.807, 2.05) is 0 Å². The summed E-state index contributed by atoms with van der Waals surface area (Å²) in [6.45, 7) is 0.0527. The van der Waals surface area contributed by atoms with Gasteiger partial charge in [-0.25, -0.2) is 4.39 Å². The molecule has 20 heavy (non-hydrogen) atoms. The highest BCUT2D eigenvalue weighted by Crippen LogP contribution is 2.09. The second-order valence-electron chi connectivity index (χ2n) is 3.72. The molecule has 0 atom stereocenters. The van der Waals surface area contributed by atoms with Gasteiger partial charge in [-0.3, -0.25) is 4.99 Å². The summed E-state index contributed by atoms with van der Waals surface area (Å²) in [6.07, 6.45) is 1.34. The van der Waals surface area contributed by atoms with Crippen LogP contribution in [0.4, 0.5) is 4.39 Å². The van der Waals surface area contributed by atoms with Crippen molar-refractivity contribution in [1.29, 1.82) is 5.26 Å². The predicted octanol–water partition coefficient (Wildman–Crippen LogP) is 1.64. The van der Waals surface area contributed by atoms with E-state index < -0.39 is 0 Å². The Balaban J connectivity index is 2.31. The topological polar surface area (TPSA) is 101 Å². The smallest absolute Gasteiger partial charge is 0.205 e. The number of aromatic nitrogens is 1. The van der Waals surface area contributed by atoms with Gasteiger partial charge in [0.1, 0.15) is 18.1 Å². The number of amidine groups is 2. The molecule has 100 valence electrons. The average molecular weight is 271 g/mol. The Morgan fingerprint density at radius 3 is 2.85 bits per heavy atom. The first-order valence-electron chi connectivity index (χ1n) is 5.63. The van der Waals surface area contributed by atoms with E-state index in [0.717, 1.165) is 0 Å². The van der Waals surface area contributed by atoms with E-state index in [0.29, 0.717) is 11.3 Å². The summed E-state index contributed by atoms with van der Waals surface area (Å²) in [4.78, 5) is 7.94. The van der Waals surface area contributed by atoms with Crippen molar-refractivity contribution in [3.63, 3.8) is 0 Å². The molecule has 2 aromatic rings. The molecule has 0 fully saturated rings. The fourth-order valence-corrected chi connectivity index (χ4v) is 1.43. The van der Waals surface area contributed by atoms with E-state index in [1.165, 1.54) is 18.4 Å². The number of halogens is 1. The molecule has 0 unspecified atom stereocenters. The normalized spacial score (nSPS) is 12.2. The zero-order valence-corrected chi connectivity index (χ0v) is 10.3. The van der Waals surface area contributed by atoms with Crippen molar-refractivity contribution in [3.05, 3.63) is 53.7 Å². The van der Waals surface area contributed by atoms with Crippen LogP contribution >= 0.6 is 0 Å². The van der Waals surface area contributed by atoms with Crippen LogP contribution in [-0.2, 0) is 6.54 Å². The third kappa shape index (κ3) is 3.26. The van der Waals surface area contributed by atoms with Crippen molar-refractivity contribution >= 4 is 11.7 Å². The van der Waals surface area contributed by atoms with Gasteiger partial charge in [-0.1, -0.05) is 23.4 Å². The fraction of sp³-hybridized carbons (Fsp3) is 0.0769. The molecule has 0 bridgehead atoms. The van der Waals surface area contributed by atoms with Crippen LogP contribution in [-0.4, -0.2) is 16.8 Å².